The van der Waals surface area contributed by atoms with Crippen molar-refractivity contribution in [1.29, 1.82) is 0 Å². The zero-order chi connectivity index (χ0) is 10.4. The molecule has 0 fully saturated rings. The number of halogens is 2. The molecule has 1 heterocycles. The summed E-state index contributed by atoms with van der Waals surface area (Å²) in [6.07, 6.45) is 1.13. The monoisotopic (exact) mass is 189 g/mol. The first-order chi connectivity index (χ1) is 6.11. The van der Waals surface area contributed by atoms with E-state index in [1.165, 1.54) is 6.07 Å². The van der Waals surface area contributed by atoms with E-state index in [9.17, 15) is 13.6 Å². The number of alkyl halides is 2. The summed E-state index contributed by atoms with van der Waals surface area (Å²) in [6.45, 7) is 2.90. The predicted octanol–water partition coefficient (Wildman–Crippen LogP) is 2.58. The fourth-order valence-corrected chi connectivity index (χ4v) is 0.767. The zero-order valence-electron chi connectivity index (χ0n) is 7.92. The number of aromatic nitrogens is 1. The molecule has 0 radical (unpaired) electrons. The lowest BCUT2D eigenvalue weighted by Gasteiger charge is -2.02. The van der Waals surface area contributed by atoms with Crippen molar-refractivity contribution in [2.24, 2.45) is 0 Å². The van der Waals surface area contributed by atoms with E-state index in [1.807, 2.05) is 13.8 Å². The van der Waals surface area contributed by atoms with Gasteiger partial charge in [-0.1, -0.05) is 19.9 Å². The van der Waals surface area contributed by atoms with Gasteiger partial charge in [0.05, 0.1) is 0 Å². The molecule has 0 N–H and O–H groups in total. The van der Waals surface area contributed by atoms with Gasteiger partial charge in [0.25, 0.3) is 5.56 Å². The van der Waals surface area contributed by atoms with Crippen molar-refractivity contribution in [2.75, 3.05) is 0 Å². The molecule has 74 valence electrons. The largest absolute Gasteiger partial charge is 0.321 e. The summed E-state index contributed by atoms with van der Waals surface area (Å²) in [7, 11) is 0. The Morgan fingerprint density at radius 3 is 2.23 bits per heavy atom. The van der Waals surface area contributed by atoms with Gasteiger partial charge < -0.3 is 0 Å². The quantitative estimate of drug-likeness (QED) is 0.665. The Morgan fingerprint density at radius 2 is 1.85 bits per heavy atom. The van der Waals surface area contributed by atoms with Crippen LogP contribution in [0.25, 0.3) is 0 Å². The van der Waals surface area contributed by atoms with E-state index < -0.39 is 12.1 Å². The zero-order valence-corrected chi connectivity index (χ0v) is 7.92. The van der Waals surface area contributed by atoms with E-state index >= 15 is 0 Å². The lowest BCUT2D eigenvalue weighted by atomic mass is 10.3. The van der Waals surface area contributed by atoms with Gasteiger partial charge in [-0.15, -0.1) is 0 Å². The fraction of sp³-hybridized carbons (Fsp3) is 0.444. The lowest BCUT2D eigenvalue weighted by molar-refractivity contribution is 0.0661. The molecule has 0 spiro atoms. The van der Waals surface area contributed by atoms with Crippen molar-refractivity contribution < 1.29 is 8.78 Å². The van der Waals surface area contributed by atoms with Gasteiger partial charge in [0.15, 0.2) is 0 Å². The normalized spacial score (nSPS) is 9.38. The van der Waals surface area contributed by atoms with E-state index in [0.29, 0.717) is 10.1 Å². The van der Waals surface area contributed by atoms with Crippen LogP contribution in [0.5, 0.6) is 0 Å². The van der Waals surface area contributed by atoms with Gasteiger partial charge in [-0.05, 0) is 12.5 Å². The number of aryl methyl sites for hydroxylation is 1. The third-order valence-electron chi connectivity index (χ3n) is 1.30. The molecular weight excluding hydrogens is 176 g/mol. The SMILES string of the molecule is CC.Cc1ccc(=O)n(C(F)F)c1. The van der Waals surface area contributed by atoms with Crippen LogP contribution in [-0.2, 0) is 0 Å². The molecule has 4 heteroatoms. The highest BCUT2D eigenvalue weighted by atomic mass is 19.3. The van der Waals surface area contributed by atoms with Crippen LogP contribution in [0.1, 0.15) is 26.0 Å². The minimum atomic E-state index is -2.75. The minimum Gasteiger partial charge on any atom is -0.269 e. The van der Waals surface area contributed by atoms with Crippen molar-refractivity contribution in [3.05, 3.63) is 34.2 Å². The van der Waals surface area contributed by atoms with Crippen LogP contribution >= 0.6 is 0 Å². The molecule has 0 saturated heterocycles. The first-order valence-electron chi connectivity index (χ1n) is 4.08. The Labute approximate surface area is 75.8 Å². The van der Waals surface area contributed by atoms with Crippen molar-refractivity contribution in [1.82, 2.24) is 4.57 Å². The standard InChI is InChI=1S/C7H7F2NO.C2H6/c1-5-2-3-6(11)10(4-5)7(8)9;1-2/h2-4,7H,1H3;1-2H3. The molecule has 0 atom stereocenters. The number of hydrogen-bond donors (Lipinski definition) is 0. The smallest absolute Gasteiger partial charge is 0.269 e. The maximum absolute atomic E-state index is 12.0. The maximum Gasteiger partial charge on any atom is 0.321 e. The summed E-state index contributed by atoms with van der Waals surface area (Å²) >= 11 is 0. The highest BCUT2D eigenvalue weighted by Gasteiger charge is 2.05. The molecular formula is C9H13F2NO. The van der Waals surface area contributed by atoms with E-state index in [0.717, 1.165) is 12.3 Å². The van der Waals surface area contributed by atoms with Gasteiger partial charge in [0.2, 0.25) is 0 Å². The topological polar surface area (TPSA) is 22.0 Å². The lowest BCUT2D eigenvalue weighted by Crippen LogP contribution is -2.18. The van der Waals surface area contributed by atoms with Gasteiger partial charge in [0, 0.05) is 12.3 Å². The molecule has 1 aromatic rings. The first kappa shape index (κ1) is 11.8. The van der Waals surface area contributed by atoms with E-state index in [2.05, 4.69) is 0 Å². The average molecular weight is 189 g/mol. The molecule has 2 nitrogen and oxygen atoms in total. The van der Waals surface area contributed by atoms with Crippen molar-refractivity contribution >= 4 is 0 Å². The van der Waals surface area contributed by atoms with Crippen LogP contribution in [0.2, 0.25) is 0 Å². The fourth-order valence-electron chi connectivity index (χ4n) is 0.767. The summed E-state index contributed by atoms with van der Waals surface area (Å²) in [5.74, 6) is 0. The number of hydrogen-bond acceptors (Lipinski definition) is 1. The third-order valence-corrected chi connectivity index (χ3v) is 1.30. The number of rotatable bonds is 1. The number of pyridine rings is 1. The Morgan fingerprint density at radius 1 is 1.31 bits per heavy atom. The minimum absolute atomic E-state index is 0.398. The highest BCUT2D eigenvalue weighted by Crippen LogP contribution is 2.06. The molecule has 0 saturated carbocycles. The third kappa shape index (κ3) is 3.36. The summed E-state index contributed by atoms with van der Waals surface area (Å²) in [5, 5.41) is 0. The predicted molar refractivity (Wildman–Crippen MR) is 48.0 cm³/mol. The van der Waals surface area contributed by atoms with Crippen molar-refractivity contribution in [3.8, 4) is 0 Å². The summed E-state index contributed by atoms with van der Waals surface area (Å²) < 4.78 is 24.3. The van der Waals surface area contributed by atoms with Crippen molar-refractivity contribution in [2.45, 2.75) is 27.3 Å². The molecule has 13 heavy (non-hydrogen) atoms. The van der Waals surface area contributed by atoms with Gasteiger partial charge in [-0.3, -0.25) is 9.36 Å². The molecule has 0 amide bonds. The van der Waals surface area contributed by atoms with Crippen LogP contribution in [0.4, 0.5) is 8.78 Å². The van der Waals surface area contributed by atoms with E-state index in [-0.39, 0.29) is 0 Å². The molecule has 0 aliphatic rings. The molecule has 0 aliphatic heterocycles. The summed E-state index contributed by atoms with van der Waals surface area (Å²) in [5.41, 5.74) is -0.0319. The van der Waals surface area contributed by atoms with Crippen LogP contribution in [0.15, 0.2) is 23.1 Å². The molecule has 0 aromatic carbocycles. The second-order valence-corrected chi connectivity index (χ2v) is 2.23. The Hall–Kier alpha value is -1.19. The van der Waals surface area contributed by atoms with Crippen molar-refractivity contribution in [3.63, 3.8) is 0 Å². The van der Waals surface area contributed by atoms with Gasteiger partial charge >= 0.3 is 6.55 Å². The van der Waals surface area contributed by atoms with Gasteiger partial charge in [-0.2, -0.15) is 8.78 Å². The Kier molecular flexibility index (Phi) is 4.96. The van der Waals surface area contributed by atoms with Crippen LogP contribution in [-0.4, -0.2) is 4.57 Å². The van der Waals surface area contributed by atoms with Crippen LogP contribution < -0.4 is 5.56 Å². The molecule has 1 aromatic heterocycles. The molecule has 0 aliphatic carbocycles. The highest BCUT2D eigenvalue weighted by molar-refractivity contribution is 5.07. The second kappa shape index (κ2) is 5.45. The summed E-state index contributed by atoms with van der Waals surface area (Å²) in [4.78, 5) is 10.7. The number of nitrogens with zero attached hydrogens (tertiary/aromatic N) is 1. The van der Waals surface area contributed by atoms with Crippen LogP contribution in [0.3, 0.4) is 0 Å². The Balaban J connectivity index is 0.000000671. The molecule has 0 unspecified atom stereocenters. The van der Waals surface area contributed by atoms with Gasteiger partial charge in [-0.25, -0.2) is 0 Å². The second-order valence-electron chi connectivity index (χ2n) is 2.23. The Bertz CT molecular complexity index is 307. The average Bonchev–Trinajstić information content (AvgIpc) is 2.12. The maximum atomic E-state index is 12.0. The summed E-state index contributed by atoms with van der Waals surface area (Å²) in [6, 6.07) is 2.63. The van der Waals surface area contributed by atoms with Crippen LogP contribution in [0, 0.1) is 6.92 Å². The van der Waals surface area contributed by atoms with E-state index in [1.54, 1.807) is 6.92 Å². The van der Waals surface area contributed by atoms with E-state index in [4.69, 9.17) is 0 Å². The van der Waals surface area contributed by atoms with Gasteiger partial charge in [0.1, 0.15) is 0 Å². The first-order valence-corrected chi connectivity index (χ1v) is 4.08. The molecule has 1 rings (SSSR count). The molecule has 0 bridgehead atoms.